The molecule has 0 radical (unpaired) electrons. The van der Waals surface area contributed by atoms with Gasteiger partial charge in [-0.1, -0.05) is 31.5 Å². The zero-order valence-corrected chi connectivity index (χ0v) is 14.0. The van der Waals surface area contributed by atoms with Crippen LogP contribution in [0.2, 0.25) is 0 Å². The van der Waals surface area contributed by atoms with Gasteiger partial charge in [-0.15, -0.1) is 0 Å². The van der Waals surface area contributed by atoms with E-state index < -0.39 is 0 Å². The lowest BCUT2D eigenvalue weighted by atomic mass is 9.85. The van der Waals surface area contributed by atoms with E-state index >= 15 is 0 Å². The molecule has 2 aromatic heterocycles. The van der Waals surface area contributed by atoms with Crippen molar-refractivity contribution in [2.75, 3.05) is 0 Å². The van der Waals surface area contributed by atoms with Crippen LogP contribution < -0.4 is 4.68 Å². The molecule has 0 fully saturated rings. The molecule has 0 bridgehead atoms. The van der Waals surface area contributed by atoms with Crippen molar-refractivity contribution < 1.29 is 4.68 Å². The van der Waals surface area contributed by atoms with Crippen molar-refractivity contribution in [3.8, 4) is 6.07 Å². The summed E-state index contributed by atoms with van der Waals surface area (Å²) in [5, 5.41) is 13.4. The predicted molar refractivity (Wildman–Crippen MR) is 85.1 cm³/mol. The van der Waals surface area contributed by atoms with Crippen molar-refractivity contribution in [3.63, 3.8) is 0 Å². The molecule has 0 amide bonds. The van der Waals surface area contributed by atoms with Crippen molar-refractivity contribution in [3.05, 3.63) is 53.6 Å². The highest BCUT2D eigenvalue weighted by atomic mass is 15.3. The van der Waals surface area contributed by atoms with Crippen molar-refractivity contribution in [1.82, 2.24) is 10.1 Å². The van der Waals surface area contributed by atoms with Gasteiger partial charge < -0.3 is 0 Å². The van der Waals surface area contributed by atoms with E-state index in [2.05, 4.69) is 50.8 Å². The Labute approximate surface area is 132 Å². The lowest BCUT2D eigenvalue weighted by Crippen LogP contribution is -2.46. The molecule has 2 rings (SSSR count). The van der Waals surface area contributed by atoms with Crippen molar-refractivity contribution in [1.29, 1.82) is 5.26 Å². The summed E-state index contributed by atoms with van der Waals surface area (Å²) < 4.78 is 1.95. The monoisotopic (exact) mass is 295 g/mol. The maximum absolute atomic E-state index is 8.83. The fraction of sp³-hybridized carbons (Fsp3) is 0.444. The van der Waals surface area contributed by atoms with E-state index in [0.29, 0.717) is 5.69 Å². The van der Waals surface area contributed by atoms with E-state index in [0.717, 1.165) is 12.1 Å². The largest absolute Gasteiger partial charge is 0.245 e. The van der Waals surface area contributed by atoms with Gasteiger partial charge >= 0.3 is 0 Å². The van der Waals surface area contributed by atoms with Crippen molar-refractivity contribution in [2.45, 2.75) is 52.0 Å². The predicted octanol–water partition coefficient (Wildman–Crippen LogP) is 2.91. The normalized spacial score (nSPS) is 12.0. The van der Waals surface area contributed by atoms with Crippen LogP contribution in [0, 0.1) is 11.3 Å². The zero-order chi connectivity index (χ0) is 16.4. The fourth-order valence-electron chi connectivity index (χ4n) is 2.28. The molecule has 0 aliphatic rings. The van der Waals surface area contributed by atoms with E-state index in [1.165, 1.54) is 5.56 Å². The highest BCUT2D eigenvalue weighted by Gasteiger charge is 2.27. The van der Waals surface area contributed by atoms with Gasteiger partial charge in [-0.25, -0.2) is 4.98 Å². The topological polar surface area (TPSA) is 53.5 Å². The summed E-state index contributed by atoms with van der Waals surface area (Å²) in [4.78, 5) is 4.16. The summed E-state index contributed by atoms with van der Waals surface area (Å²) in [6.07, 6.45) is 5.75. The molecule has 0 aliphatic carbocycles. The third-order valence-corrected chi connectivity index (χ3v) is 3.85. The summed E-state index contributed by atoms with van der Waals surface area (Å²) in [5.74, 6) is 0. The van der Waals surface area contributed by atoms with Crippen LogP contribution in [0.15, 0.2) is 36.8 Å². The molecule has 0 unspecified atom stereocenters. The Morgan fingerprint density at radius 2 is 1.77 bits per heavy atom. The Kier molecular flexibility index (Phi) is 4.27. The molecule has 0 atom stereocenters. The Bertz CT molecular complexity index is 671. The number of nitrogens with zero attached hydrogens (tertiary/aromatic N) is 4. The maximum atomic E-state index is 8.83. The van der Waals surface area contributed by atoms with Crippen LogP contribution in [-0.4, -0.2) is 10.1 Å². The molecule has 0 saturated heterocycles. The minimum absolute atomic E-state index is 0.109. The van der Waals surface area contributed by atoms with Gasteiger partial charge in [0, 0.05) is 12.3 Å². The second-order valence-corrected chi connectivity index (χ2v) is 7.29. The standard InChI is InChI=1S/C18H23N4/c1-17(2,3)14-8-9-22(21-12-14)13-18(4,5)15-6-7-16(10-19)20-11-15/h6-9,11-12H,13H2,1-5H3/q+1. The summed E-state index contributed by atoms with van der Waals surface area (Å²) in [6, 6.07) is 7.90. The first-order valence-corrected chi connectivity index (χ1v) is 7.45. The highest BCUT2D eigenvalue weighted by Crippen LogP contribution is 2.23. The van der Waals surface area contributed by atoms with Crippen LogP contribution in [0.3, 0.4) is 0 Å². The van der Waals surface area contributed by atoms with Crippen LogP contribution in [-0.2, 0) is 17.4 Å². The average molecular weight is 295 g/mol. The maximum Gasteiger partial charge on any atom is 0.196 e. The van der Waals surface area contributed by atoms with Crippen molar-refractivity contribution in [2.24, 2.45) is 0 Å². The van der Waals surface area contributed by atoms with Gasteiger partial charge in [0.15, 0.2) is 12.7 Å². The first-order chi connectivity index (χ1) is 10.2. The van der Waals surface area contributed by atoms with Crippen LogP contribution in [0.5, 0.6) is 0 Å². The fourth-order valence-corrected chi connectivity index (χ4v) is 2.28. The van der Waals surface area contributed by atoms with Gasteiger partial charge in [-0.3, -0.25) is 0 Å². The second kappa shape index (κ2) is 5.84. The Morgan fingerprint density at radius 3 is 2.23 bits per heavy atom. The smallest absolute Gasteiger partial charge is 0.196 e. The molecule has 4 heteroatoms. The zero-order valence-electron chi connectivity index (χ0n) is 14.0. The SMILES string of the molecule is CC(C)(C)c1cc[n+](CC(C)(C)c2ccc(C#N)nc2)nc1. The number of hydrogen-bond donors (Lipinski definition) is 0. The minimum Gasteiger partial charge on any atom is -0.245 e. The second-order valence-electron chi connectivity index (χ2n) is 7.29. The molecule has 22 heavy (non-hydrogen) atoms. The van der Waals surface area contributed by atoms with Gasteiger partial charge in [0.25, 0.3) is 0 Å². The average Bonchev–Trinajstić information content (AvgIpc) is 2.46. The molecule has 0 saturated carbocycles. The number of hydrogen-bond acceptors (Lipinski definition) is 3. The van der Waals surface area contributed by atoms with Gasteiger partial charge in [-0.2, -0.15) is 5.26 Å². The van der Waals surface area contributed by atoms with Gasteiger partial charge in [0.1, 0.15) is 11.8 Å². The molecule has 114 valence electrons. The molecule has 0 spiro atoms. The molecule has 2 aromatic rings. The third kappa shape index (κ3) is 3.67. The van der Waals surface area contributed by atoms with E-state index in [9.17, 15) is 0 Å². The third-order valence-electron chi connectivity index (χ3n) is 3.85. The van der Waals surface area contributed by atoms with Crippen molar-refractivity contribution >= 4 is 0 Å². The Morgan fingerprint density at radius 1 is 1.05 bits per heavy atom. The molecule has 2 heterocycles. The van der Waals surface area contributed by atoms with Gasteiger partial charge in [0.05, 0.1) is 11.6 Å². The van der Waals surface area contributed by atoms with Crippen LogP contribution >= 0.6 is 0 Å². The molecular formula is C18H23N4+. The number of rotatable bonds is 3. The van der Waals surface area contributed by atoms with E-state index in [1.807, 2.05) is 29.2 Å². The summed E-state index contributed by atoms with van der Waals surface area (Å²) >= 11 is 0. The minimum atomic E-state index is -0.109. The van der Waals surface area contributed by atoms with Crippen LogP contribution in [0.4, 0.5) is 0 Å². The molecule has 4 nitrogen and oxygen atoms in total. The van der Waals surface area contributed by atoms with Gasteiger partial charge in [-0.05, 0) is 41.6 Å². The van der Waals surface area contributed by atoms with E-state index in [4.69, 9.17) is 5.26 Å². The van der Waals surface area contributed by atoms with Crippen LogP contribution in [0.25, 0.3) is 0 Å². The van der Waals surface area contributed by atoms with Gasteiger partial charge in [0.2, 0.25) is 0 Å². The first-order valence-electron chi connectivity index (χ1n) is 7.45. The summed E-state index contributed by atoms with van der Waals surface area (Å²) in [7, 11) is 0. The Hall–Kier alpha value is -2.28. The van der Waals surface area contributed by atoms with Crippen LogP contribution in [0.1, 0.15) is 51.4 Å². The number of aromatic nitrogens is 3. The lowest BCUT2D eigenvalue weighted by molar-refractivity contribution is -0.760. The quantitative estimate of drug-likeness (QED) is 0.818. The molecule has 0 aliphatic heterocycles. The summed E-state index contributed by atoms with van der Waals surface area (Å²) in [6.45, 7) is 11.6. The molecular weight excluding hydrogens is 272 g/mol. The Balaban J connectivity index is 2.19. The highest BCUT2D eigenvalue weighted by molar-refractivity contribution is 5.27. The number of pyridine rings is 1. The number of nitriles is 1. The van der Waals surface area contributed by atoms with E-state index in [-0.39, 0.29) is 10.8 Å². The molecule has 0 aromatic carbocycles. The molecule has 0 N–H and O–H groups in total. The summed E-state index contributed by atoms with van der Waals surface area (Å²) in [5.41, 5.74) is 2.77. The lowest BCUT2D eigenvalue weighted by Gasteiger charge is -2.21. The van der Waals surface area contributed by atoms with E-state index in [1.54, 1.807) is 12.3 Å². The first kappa shape index (κ1) is 16.1.